The summed E-state index contributed by atoms with van der Waals surface area (Å²) in [6.45, 7) is 6.51. The number of nitriles is 1. The Morgan fingerprint density at radius 3 is 2.55 bits per heavy atom. The molecular formula is C30H40N8O2. The first kappa shape index (κ1) is 31.8. The number of hydrogen-bond donors (Lipinski definition) is 3. The number of aromatic nitrogens is 2. The van der Waals surface area contributed by atoms with Crippen LogP contribution >= 0.6 is 0 Å². The van der Waals surface area contributed by atoms with E-state index >= 15 is 0 Å². The van der Waals surface area contributed by atoms with Crippen LogP contribution in [0.15, 0.2) is 42.6 Å². The number of unbranched alkanes of at least 4 members (excludes halogenated alkanes) is 1. The number of nitrogens with zero attached hydrogens (tertiary/aromatic N) is 5. The Morgan fingerprint density at radius 2 is 1.88 bits per heavy atom. The molecule has 40 heavy (non-hydrogen) atoms. The second-order valence-electron chi connectivity index (χ2n) is 9.38. The quantitative estimate of drug-likeness (QED) is 0.177. The van der Waals surface area contributed by atoms with Crippen molar-refractivity contribution in [1.29, 1.82) is 5.26 Å². The van der Waals surface area contributed by atoms with Gasteiger partial charge in [-0.3, -0.25) is 9.59 Å². The number of carbonyl (C=O) groups is 2. The van der Waals surface area contributed by atoms with E-state index in [4.69, 9.17) is 5.26 Å². The van der Waals surface area contributed by atoms with Gasteiger partial charge in [0.25, 0.3) is 0 Å². The third-order valence-electron chi connectivity index (χ3n) is 5.50. The van der Waals surface area contributed by atoms with E-state index in [-0.39, 0.29) is 18.4 Å². The van der Waals surface area contributed by atoms with Crippen LogP contribution < -0.4 is 16.0 Å². The summed E-state index contributed by atoms with van der Waals surface area (Å²) >= 11 is 0. The average Bonchev–Trinajstić information content (AvgIpc) is 2.94. The normalized spacial score (nSPS) is 10.5. The van der Waals surface area contributed by atoms with E-state index in [9.17, 15) is 9.59 Å². The monoisotopic (exact) mass is 544 g/mol. The highest BCUT2D eigenvalue weighted by Crippen LogP contribution is 2.18. The molecule has 2 aromatic rings. The second-order valence-corrected chi connectivity index (χ2v) is 9.38. The lowest BCUT2D eigenvalue weighted by molar-refractivity contribution is -0.132. The molecule has 10 nitrogen and oxygen atoms in total. The minimum Gasteiger partial charge on any atom is -0.369 e. The number of carbonyl (C=O) groups excluding carboxylic acids is 2. The number of likely N-dealkylation sites (N-methyl/N-ethyl adjacent to an activating group) is 1. The van der Waals surface area contributed by atoms with Crippen molar-refractivity contribution < 1.29 is 9.59 Å². The van der Waals surface area contributed by atoms with E-state index in [1.165, 1.54) is 6.08 Å². The van der Waals surface area contributed by atoms with Crippen LogP contribution in [-0.2, 0) is 9.59 Å². The molecule has 0 fully saturated rings. The largest absolute Gasteiger partial charge is 0.369 e. The molecular weight excluding hydrogens is 504 g/mol. The molecule has 10 heteroatoms. The number of anilines is 3. The minimum absolute atomic E-state index is 0.0390. The highest BCUT2D eigenvalue weighted by atomic mass is 16.2. The Morgan fingerprint density at radius 1 is 1.10 bits per heavy atom. The Kier molecular flexibility index (Phi) is 14.3. The molecule has 1 heterocycles. The SMILES string of the molecule is CCCNc1nc(Nc2ccc(C#N)cc2)ncc1C#CCCCNC(=O)CN(CCC)C(=O)C=CCN(C)C. The molecule has 0 bridgehead atoms. The van der Waals surface area contributed by atoms with Crippen LogP contribution in [0.5, 0.6) is 0 Å². The molecule has 0 atom stereocenters. The Hall–Kier alpha value is -4.41. The third kappa shape index (κ3) is 12.0. The lowest BCUT2D eigenvalue weighted by atomic mass is 10.2. The fraction of sp³-hybridized carbons (Fsp3) is 0.433. The van der Waals surface area contributed by atoms with Crippen LogP contribution in [0.25, 0.3) is 0 Å². The van der Waals surface area contributed by atoms with E-state index < -0.39 is 0 Å². The van der Waals surface area contributed by atoms with Gasteiger partial charge in [-0.05, 0) is 57.6 Å². The summed E-state index contributed by atoms with van der Waals surface area (Å²) in [7, 11) is 3.86. The number of amides is 2. The maximum Gasteiger partial charge on any atom is 0.246 e. The van der Waals surface area contributed by atoms with Crippen molar-refractivity contribution in [1.82, 2.24) is 25.1 Å². The first-order valence-corrected chi connectivity index (χ1v) is 13.6. The summed E-state index contributed by atoms with van der Waals surface area (Å²) in [5, 5.41) is 18.3. The maximum atomic E-state index is 12.4. The number of benzene rings is 1. The predicted molar refractivity (Wildman–Crippen MR) is 159 cm³/mol. The van der Waals surface area contributed by atoms with E-state index in [1.54, 1.807) is 41.4 Å². The van der Waals surface area contributed by atoms with Gasteiger partial charge in [-0.15, -0.1) is 0 Å². The number of hydrogen-bond acceptors (Lipinski definition) is 8. The molecule has 1 aromatic carbocycles. The molecule has 0 radical (unpaired) electrons. The molecule has 212 valence electrons. The summed E-state index contributed by atoms with van der Waals surface area (Å²) in [4.78, 5) is 37.3. The van der Waals surface area contributed by atoms with Crippen LogP contribution in [0.4, 0.5) is 17.5 Å². The van der Waals surface area contributed by atoms with E-state index in [0.29, 0.717) is 55.4 Å². The van der Waals surface area contributed by atoms with Gasteiger partial charge in [-0.2, -0.15) is 10.2 Å². The lowest BCUT2D eigenvalue weighted by Crippen LogP contribution is -2.40. The number of rotatable bonds is 15. The van der Waals surface area contributed by atoms with Crippen molar-refractivity contribution in [2.75, 3.05) is 57.5 Å². The average molecular weight is 545 g/mol. The molecule has 0 saturated heterocycles. The summed E-state index contributed by atoms with van der Waals surface area (Å²) in [6.07, 6.45) is 7.99. The van der Waals surface area contributed by atoms with Crippen molar-refractivity contribution in [2.24, 2.45) is 0 Å². The van der Waals surface area contributed by atoms with Gasteiger partial charge >= 0.3 is 0 Å². The fourth-order valence-corrected chi connectivity index (χ4v) is 3.47. The highest BCUT2D eigenvalue weighted by molar-refractivity contribution is 5.91. The molecule has 0 unspecified atom stereocenters. The van der Waals surface area contributed by atoms with Gasteiger partial charge in [0.15, 0.2) is 0 Å². The van der Waals surface area contributed by atoms with Crippen molar-refractivity contribution in [3.63, 3.8) is 0 Å². The van der Waals surface area contributed by atoms with Gasteiger partial charge < -0.3 is 25.8 Å². The van der Waals surface area contributed by atoms with Gasteiger partial charge in [-0.25, -0.2) is 4.98 Å². The van der Waals surface area contributed by atoms with E-state index in [0.717, 1.165) is 25.1 Å². The van der Waals surface area contributed by atoms with Crippen LogP contribution in [0.3, 0.4) is 0 Å². The first-order valence-electron chi connectivity index (χ1n) is 13.6. The van der Waals surface area contributed by atoms with Crippen LogP contribution in [-0.4, -0.2) is 78.4 Å². The number of nitrogens with one attached hydrogen (secondary N) is 3. The predicted octanol–water partition coefficient (Wildman–Crippen LogP) is 3.52. The van der Waals surface area contributed by atoms with Gasteiger partial charge in [0.05, 0.1) is 29.9 Å². The Balaban J connectivity index is 1.88. The van der Waals surface area contributed by atoms with E-state index in [1.807, 2.05) is 25.9 Å². The zero-order chi connectivity index (χ0) is 29.2. The zero-order valence-corrected chi connectivity index (χ0v) is 24.0. The fourth-order valence-electron chi connectivity index (χ4n) is 3.47. The van der Waals surface area contributed by atoms with Crippen LogP contribution in [0, 0.1) is 23.2 Å². The topological polar surface area (TPSA) is 126 Å². The standard InChI is InChI=1S/C30H40N8O2/c1-5-17-33-29-25(22-34-30(36-29)35-26-15-13-24(21-31)14-16-26)11-8-7-9-18-32-27(39)23-38(19-6-2)28(40)12-10-20-37(3)4/h10,12-16,22H,5-7,9,17-20,23H2,1-4H3,(H,32,39)(H2,33,34,35,36). The molecule has 0 aliphatic heterocycles. The molecule has 0 aliphatic rings. The van der Waals surface area contributed by atoms with Gasteiger partial charge in [0.2, 0.25) is 17.8 Å². The van der Waals surface area contributed by atoms with Crippen LogP contribution in [0.1, 0.15) is 50.7 Å². The summed E-state index contributed by atoms with van der Waals surface area (Å²) < 4.78 is 0. The van der Waals surface area contributed by atoms with Crippen LogP contribution in [0.2, 0.25) is 0 Å². The smallest absolute Gasteiger partial charge is 0.246 e. The molecule has 2 rings (SSSR count). The summed E-state index contributed by atoms with van der Waals surface area (Å²) in [5.74, 6) is 7.01. The Bertz CT molecular complexity index is 1220. The van der Waals surface area contributed by atoms with Crippen molar-refractivity contribution in [2.45, 2.75) is 39.5 Å². The molecule has 0 spiro atoms. The van der Waals surface area contributed by atoms with Crippen molar-refractivity contribution in [3.05, 3.63) is 53.7 Å². The first-order chi connectivity index (χ1) is 19.4. The molecule has 2 amide bonds. The summed E-state index contributed by atoms with van der Waals surface area (Å²) in [6, 6.07) is 9.16. The van der Waals surface area contributed by atoms with E-state index in [2.05, 4.69) is 50.8 Å². The molecule has 0 saturated carbocycles. The zero-order valence-electron chi connectivity index (χ0n) is 24.0. The van der Waals surface area contributed by atoms with Gasteiger partial charge in [-0.1, -0.05) is 31.8 Å². The lowest BCUT2D eigenvalue weighted by Gasteiger charge is -2.20. The van der Waals surface area contributed by atoms with Gasteiger partial charge in [0, 0.05) is 44.4 Å². The minimum atomic E-state index is -0.180. The Labute approximate surface area is 237 Å². The van der Waals surface area contributed by atoms with Gasteiger partial charge in [0.1, 0.15) is 5.82 Å². The maximum absolute atomic E-state index is 12.4. The van der Waals surface area contributed by atoms with Crippen molar-refractivity contribution >= 4 is 29.3 Å². The molecule has 0 aliphatic carbocycles. The van der Waals surface area contributed by atoms with Crippen molar-refractivity contribution in [3.8, 4) is 17.9 Å². The third-order valence-corrected chi connectivity index (χ3v) is 5.50. The summed E-state index contributed by atoms with van der Waals surface area (Å²) in [5.41, 5.74) is 2.06. The molecule has 1 aromatic heterocycles. The second kappa shape index (κ2) is 18.0. The highest BCUT2D eigenvalue weighted by Gasteiger charge is 2.14. The molecule has 3 N–H and O–H groups in total.